The number of anilines is 1. The first-order chi connectivity index (χ1) is 20.2. The lowest BCUT2D eigenvalue weighted by Crippen LogP contribution is -2.59. The van der Waals surface area contributed by atoms with Gasteiger partial charge in [-0.05, 0) is 46.5 Å². The number of carbonyl (C=O) groups is 1. The van der Waals surface area contributed by atoms with E-state index >= 15 is 0 Å². The Labute approximate surface area is 242 Å². The Bertz CT molecular complexity index is 1500. The molecule has 0 aliphatic carbocycles. The molecule has 0 aromatic heterocycles. The first kappa shape index (κ1) is 26.5. The highest BCUT2D eigenvalue weighted by Gasteiger charge is 2.54. The molecule has 0 radical (unpaired) electrons. The van der Waals surface area contributed by atoms with Gasteiger partial charge in [-0.15, -0.1) is 0 Å². The zero-order chi connectivity index (χ0) is 28.0. The summed E-state index contributed by atoms with van der Waals surface area (Å²) in [5.41, 5.74) is 5.60. The van der Waals surface area contributed by atoms with Crippen LogP contribution in [-0.2, 0) is 17.9 Å². The summed E-state index contributed by atoms with van der Waals surface area (Å²) in [5, 5.41) is 0. The van der Waals surface area contributed by atoms with E-state index in [-0.39, 0.29) is 23.9 Å². The van der Waals surface area contributed by atoms with E-state index in [1.165, 1.54) is 11.1 Å². The van der Waals surface area contributed by atoms with Crippen LogP contribution in [0.5, 0.6) is 5.75 Å². The Kier molecular flexibility index (Phi) is 7.92. The molecule has 1 fully saturated rings. The quantitative estimate of drug-likeness (QED) is 0.170. The molecule has 0 spiro atoms. The lowest BCUT2D eigenvalue weighted by atomic mass is 9.74. The van der Waals surface area contributed by atoms with Crippen LogP contribution in [-0.4, -0.2) is 17.9 Å². The van der Waals surface area contributed by atoms with Crippen molar-refractivity contribution in [1.82, 2.24) is 4.90 Å². The van der Waals surface area contributed by atoms with Crippen molar-refractivity contribution in [2.75, 3.05) is 12.0 Å². The van der Waals surface area contributed by atoms with Gasteiger partial charge >= 0.3 is 0 Å². The zero-order valence-corrected chi connectivity index (χ0v) is 23.2. The summed E-state index contributed by atoms with van der Waals surface area (Å²) in [4.78, 5) is 18.8. The predicted molar refractivity (Wildman–Crippen MR) is 164 cm³/mol. The summed E-state index contributed by atoms with van der Waals surface area (Å²) in [6, 6.07) is 49.6. The van der Waals surface area contributed by atoms with Gasteiger partial charge in [0.25, 0.3) is 0 Å². The van der Waals surface area contributed by atoms with E-state index in [0.717, 1.165) is 35.7 Å². The fourth-order valence-electron chi connectivity index (χ4n) is 6.04. The predicted octanol–water partition coefficient (Wildman–Crippen LogP) is 7.84. The van der Waals surface area contributed by atoms with Crippen LogP contribution < -0.4 is 9.64 Å². The number of benzene rings is 5. The molecule has 1 saturated heterocycles. The van der Waals surface area contributed by atoms with Crippen LogP contribution in [0.3, 0.4) is 0 Å². The second kappa shape index (κ2) is 12.2. The molecule has 1 heterocycles. The van der Waals surface area contributed by atoms with Gasteiger partial charge in [-0.25, -0.2) is 0 Å². The zero-order valence-electron chi connectivity index (χ0n) is 23.2. The highest BCUT2D eigenvalue weighted by atomic mass is 16.5. The molecule has 0 unspecified atom stereocenters. The van der Waals surface area contributed by atoms with Crippen LogP contribution in [0.1, 0.15) is 34.3 Å². The summed E-state index contributed by atoms with van der Waals surface area (Å²) >= 11 is 0. The van der Waals surface area contributed by atoms with Gasteiger partial charge in [0.2, 0.25) is 5.91 Å². The number of amides is 1. The molecule has 1 aliphatic heterocycles. The SMILES string of the molecule is COc1ccc(N2C(=O)[C@@H]([C@H](c3ccccc3)N(Cc3ccccc3)Cc3ccccc3)[C@H]2c2ccccc2)cc1. The number of methoxy groups -OCH3 is 1. The summed E-state index contributed by atoms with van der Waals surface area (Å²) in [6.45, 7) is 1.45. The van der Waals surface area contributed by atoms with Crippen LogP contribution in [0.2, 0.25) is 0 Å². The van der Waals surface area contributed by atoms with Crippen molar-refractivity contribution in [3.8, 4) is 5.75 Å². The largest absolute Gasteiger partial charge is 0.497 e. The Morgan fingerprint density at radius 1 is 0.659 bits per heavy atom. The van der Waals surface area contributed by atoms with Gasteiger partial charge in [-0.1, -0.05) is 121 Å². The standard InChI is InChI=1S/C37H34N2O2/c1-41-33-24-22-32(23-25-33)39-36(31-20-12-5-13-21-31)34(37(39)40)35(30-18-10-4-11-19-30)38(26-28-14-6-2-7-15-28)27-29-16-8-3-9-17-29/h2-25,34-36H,26-27H2,1H3/t34-,35-,36+/m0/s1. The Hall–Kier alpha value is -4.67. The molecular formula is C37H34N2O2. The normalized spacial score (nSPS) is 17.2. The molecule has 5 aromatic carbocycles. The molecule has 6 rings (SSSR count). The number of rotatable bonds is 10. The maximum Gasteiger partial charge on any atom is 0.235 e. The highest BCUT2D eigenvalue weighted by molar-refractivity contribution is 6.04. The van der Waals surface area contributed by atoms with E-state index in [2.05, 4.69) is 102 Å². The summed E-state index contributed by atoms with van der Waals surface area (Å²) in [5.74, 6) is 0.631. The van der Waals surface area contributed by atoms with Crippen LogP contribution in [0, 0.1) is 5.92 Å². The third-order valence-corrected chi connectivity index (χ3v) is 7.96. The molecule has 3 atom stereocenters. The fourth-order valence-corrected chi connectivity index (χ4v) is 6.04. The lowest BCUT2D eigenvalue weighted by Gasteiger charge is -2.53. The van der Waals surface area contributed by atoms with Crippen LogP contribution >= 0.6 is 0 Å². The molecule has 4 heteroatoms. The summed E-state index contributed by atoms with van der Waals surface area (Å²) in [7, 11) is 1.66. The van der Waals surface area contributed by atoms with Gasteiger partial charge in [0, 0.05) is 24.8 Å². The molecule has 41 heavy (non-hydrogen) atoms. The number of nitrogens with zero attached hydrogens (tertiary/aromatic N) is 2. The maximum atomic E-state index is 14.4. The van der Waals surface area contributed by atoms with Gasteiger partial charge in [-0.2, -0.15) is 0 Å². The molecule has 4 nitrogen and oxygen atoms in total. The summed E-state index contributed by atoms with van der Waals surface area (Å²) in [6.07, 6.45) is 0. The van der Waals surface area contributed by atoms with Crippen LogP contribution in [0.25, 0.3) is 0 Å². The third kappa shape index (κ3) is 5.65. The number of β-lactam (4-membered cyclic amide) rings is 1. The van der Waals surface area contributed by atoms with Crippen molar-refractivity contribution >= 4 is 11.6 Å². The van der Waals surface area contributed by atoms with E-state index in [0.29, 0.717) is 0 Å². The first-order valence-electron chi connectivity index (χ1n) is 14.1. The van der Waals surface area contributed by atoms with E-state index in [1.807, 2.05) is 53.4 Å². The lowest BCUT2D eigenvalue weighted by molar-refractivity contribution is -0.134. The number of carbonyl (C=O) groups excluding carboxylic acids is 1. The van der Waals surface area contributed by atoms with Crippen molar-refractivity contribution in [3.63, 3.8) is 0 Å². The van der Waals surface area contributed by atoms with Gasteiger partial charge < -0.3 is 9.64 Å². The monoisotopic (exact) mass is 538 g/mol. The van der Waals surface area contributed by atoms with Crippen LogP contribution in [0.4, 0.5) is 5.69 Å². The molecule has 1 aliphatic rings. The van der Waals surface area contributed by atoms with Gasteiger partial charge in [0.1, 0.15) is 5.75 Å². The minimum atomic E-state index is -0.269. The Morgan fingerprint density at radius 2 is 1.15 bits per heavy atom. The van der Waals surface area contributed by atoms with Crippen LogP contribution in [0.15, 0.2) is 146 Å². The molecule has 0 bridgehead atoms. The fraction of sp³-hybridized carbons (Fsp3) is 0.162. The molecule has 204 valence electrons. The van der Waals surface area contributed by atoms with Gasteiger partial charge in [0.15, 0.2) is 0 Å². The Balaban J connectivity index is 1.46. The number of ether oxygens (including phenoxy) is 1. The van der Waals surface area contributed by atoms with E-state index in [1.54, 1.807) is 7.11 Å². The average Bonchev–Trinajstić information content (AvgIpc) is 3.04. The smallest absolute Gasteiger partial charge is 0.235 e. The third-order valence-electron chi connectivity index (χ3n) is 7.96. The highest BCUT2D eigenvalue weighted by Crippen LogP contribution is 2.51. The molecule has 0 saturated carbocycles. The van der Waals surface area contributed by atoms with E-state index < -0.39 is 0 Å². The maximum absolute atomic E-state index is 14.4. The molecular weight excluding hydrogens is 504 g/mol. The molecule has 0 N–H and O–H groups in total. The second-order valence-electron chi connectivity index (χ2n) is 10.5. The molecule has 1 amide bonds. The number of hydrogen-bond acceptors (Lipinski definition) is 3. The minimum Gasteiger partial charge on any atom is -0.497 e. The summed E-state index contributed by atoms with van der Waals surface area (Å²) < 4.78 is 5.39. The Morgan fingerprint density at radius 3 is 1.66 bits per heavy atom. The number of hydrogen-bond donors (Lipinski definition) is 0. The minimum absolute atomic E-state index is 0.114. The first-order valence-corrected chi connectivity index (χ1v) is 14.1. The second-order valence-corrected chi connectivity index (χ2v) is 10.5. The van der Waals surface area contributed by atoms with Crippen molar-refractivity contribution in [2.45, 2.75) is 25.2 Å². The van der Waals surface area contributed by atoms with Crippen molar-refractivity contribution in [1.29, 1.82) is 0 Å². The van der Waals surface area contributed by atoms with Gasteiger partial charge in [0.05, 0.1) is 19.1 Å². The van der Waals surface area contributed by atoms with Gasteiger partial charge in [-0.3, -0.25) is 9.69 Å². The molecule has 5 aromatic rings. The van der Waals surface area contributed by atoms with E-state index in [4.69, 9.17) is 4.74 Å². The van der Waals surface area contributed by atoms with Crippen molar-refractivity contribution in [2.24, 2.45) is 5.92 Å². The van der Waals surface area contributed by atoms with E-state index in [9.17, 15) is 4.79 Å². The topological polar surface area (TPSA) is 32.8 Å². The van der Waals surface area contributed by atoms with Crippen molar-refractivity contribution < 1.29 is 9.53 Å². The van der Waals surface area contributed by atoms with Crippen molar-refractivity contribution in [3.05, 3.63) is 168 Å². The average molecular weight is 539 g/mol.